The van der Waals surface area contributed by atoms with E-state index in [0.29, 0.717) is 6.42 Å². The number of carbonyl (C=O) groups excluding carboxylic acids is 2. The van der Waals surface area contributed by atoms with E-state index in [0.717, 1.165) is 32.7 Å². The maximum absolute atomic E-state index is 11.5. The van der Waals surface area contributed by atoms with Gasteiger partial charge in [-0.05, 0) is 13.8 Å². The highest BCUT2D eigenvalue weighted by atomic mass is 16.2. The van der Waals surface area contributed by atoms with E-state index in [1.165, 1.54) is 0 Å². The van der Waals surface area contributed by atoms with E-state index in [9.17, 15) is 9.59 Å². The lowest BCUT2D eigenvalue weighted by Gasteiger charge is -2.34. The Morgan fingerprint density at radius 2 is 1.76 bits per heavy atom. The average Bonchev–Trinajstić information content (AvgIpc) is 2.26. The van der Waals surface area contributed by atoms with Crippen LogP contribution in [0.15, 0.2) is 0 Å². The summed E-state index contributed by atoms with van der Waals surface area (Å²) in [7, 11) is 0. The summed E-state index contributed by atoms with van der Waals surface area (Å²) in [5.41, 5.74) is 0. The summed E-state index contributed by atoms with van der Waals surface area (Å²) < 4.78 is 0. The monoisotopic (exact) mass is 241 g/mol. The second kappa shape index (κ2) is 6.59. The molecule has 1 fully saturated rings. The molecule has 2 amide bonds. The summed E-state index contributed by atoms with van der Waals surface area (Å²) in [5, 5.41) is 2.88. The third-order valence-corrected chi connectivity index (χ3v) is 2.92. The molecule has 0 atom stereocenters. The van der Waals surface area contributed by atoms with Crippen molar-refractivity contribution in [3.8, 4) is 0 Å². The lowest BCUT2D eigenvalue weighted by molar-refractivity contribution is -0.131. The Hall–Kier alpha value is -1.10. The van der Waals surface area contributed by atoms with Gasteiger partial charge in [0.1, 0.15) is 0 Å². The normalized spacial score (nSPS) is 17.3. The van der Waals surface area contributed by atoms with Crippen LogP contribution < -0.4 is 5.32 Å². The molecule has 1 heterocycles. The number of hydrogen-bond acceptors (Lipinski definition) is 3. The number of nitrogens with one attached hydrogen (secondary N) is 1. The van der Waals surface area contributed by atoms with Crippen molar-refractivity contribution in [1.82, 2.24) is 15.1 Å². The fourth-order valence-electron chi connectivity index (χ4n) is 1.94. The van der Waals surface area contributed by atoms with Crippen LogP contribution in [0.3, 0.4) is 0 Å². The van der Waals surface area contributed by atoms with E-state index in [4.69, 9.17) is 0 Å². The van der Waals surface area contributed by atoms with Crippen LogP contribution in [-0.4, -0.2) is 60.4 Å². The first-order chi connectivity index (χ1) is 7.99. The molecule has 17 heavy (non-hydrogen) atoms. The largest absolute Gasteiger partial charge is 0.354 e. The molecule has 5 heteroatoms. The lowest BCUT2D eigenvalue weighted by atomic mass is 10.2. The molecule has 0 aliphatic carbocycles. The second-order valence-electron chi connectivity index (χ2n) is 4.82. The summed E-state index contributed by atoms with van der Waals surface area (Å²) in [6.45, 7) is 9.61. The van der Waals surface area contributed by atoms with E-state index in [1.807, 2.05) is 18.7 Å². The van der Waals surface area contributed by atoms with E-state index >= 15 is 0 Å². The molecule has 0 saturated carbocycles. The molecule has 0 aromatic heterocycles. The fourth-order valence-corrected chi connectivity index (χ4v) is 1.94. The SMILES string of the molecule is CC(=O)N1CCN(CCC(=O)NC(C)C)CC1. The van der Waals surface area contributed by atoms with Crippen molar-refractivity contribution >= 4 is 11.8 Å². The average molecular weight is 241 g/mol. The Balaban J connectivity index is 2.18. The Bertz CT molecular complexity index is 271. The van der Waals surface area contributed by atoms with E-state index in [-0.39, 0.29) is 17.9 Å². The molecule has 0 spiro atoms. The van der Waals surface area contributed by atoms with Gasteiger partial charge < -0.3 is 10.2 Å². The molecular weight excluding hydrogens is 218 g/mol. The van der Waals surface area contributed by atoms with Crippen LogP contribution >= 0.6 is 0 Å². The lowest BCUT2D eigenvalue weighted by Crippen LogP contribution is -2.48. The Kier molecular flexibility index (Phi) is 5.41. The summed E-state index contributed by atoms with van der Waals surface area (Å²) in [6, 6.07) is 0.206. The molecule has 0 unspecified atom stereocenters. The molecule has 1 rings (SSSR count). The zero-order valence-corrected chi connectivity index (χ0v) is 11.0. The van der Waals surface area contributed by atoms with Crippen LogP contribution in [0.2, 0.25) is 0 Å². The maximum Gasteiger partial charge on any atom is 0.221 e. The van der Waals surface area contributed by atoms with Crippen molar-refractivity contribution in [1.29, 1.82) is 0 Å². The first kappa shape index (κ1) is 14.0. The molecule has 0 bridgehead atoms. The van der Waals surface area contributed by atoms with Gasteiger partial charge in [-0.25, -0.2) is 0 Å². The zero-order chi connectivity index (χ0) is 12.8. The van der Waals surface area contributed by atoms with E-state index in [2.05, 4.69) is 10.2 Å². The summed E-state index contributed by atoms with van der Waals surface area (Å²) in [4.78, 5) is 26.7. The van der Waals surface area contributed by atoms with Crippen molar-refractivity contribution in [2.75, 3.05) is 32.7 Å². The van der Waals surface area contributed by atoms with Crippen molar-refractivity contribution in [2.24, 2.45) is 0 Å². The van der Waals surface area contributed by atoms with Gasteiger partial charge in [-0.2, -0.15) is 0 Å². The predicted molar refractivity (Wildman–Crippen MR) is 66.6 cm³/mol. The van der Waals surface area contributed by atoms with Crippen molar-refractivity contribution in [3.05, 3.63) is 0 Å². The quantitative estimate of drug-likeness (QED) is 0.757. The van der Waals surface area contributed by atoms with E-state index in [1.54, 1.807) is 6.92 Å². The summed E-state index contributed by atoms with van der Waals surface area (Å²) >= 11 is 0. The highest BCUT2D eigenvalue weighted by Gasteiger charge is 2.18. The van der Waals surface area contributed by atoms with Crippen LogP contribution in [0.5, 0.6) is 0 Å². The van der Waals surface area contributed by atoms with E-state index < -0.39 is 0 Å². The number of piperazine rings is 1. The van der Waals surface area contributed by atoms with Crippen LogP contribution in [0.25, 0.3) is 0 Å². The van der Waals surface area contributed by atoms with Crippen LogP contribution in [0.1, 0.15) is 27.2 Å². The minimum Gasteiger partial charge on any atom is -0.354 e. The molecule has 5 nitrogen and oxygen atoms in total. The Morgan fingerprint density at radius 3 is 2.24 bits per heavy atom. The molecule has 1 saturated heterocycles. The first-order valence-electron chi connectivity index (χ1n) is 6.26. The highest BCUT2D eigenvalue weighted by molar-refractivity contribution is 5.76. The number of nitrogens with zero attached hydrogens (tertiary/aromatic N) is 2. The van der Waals surface area contributed by atoms with Gasteiger partial charge in [0.15, 0.2) is 0 Å². The smallest absolute Gasteiger partial charge is 0.221 e. The fraction of sp³-hybridized carbons (Fsp3) is 0.833. The standard InChI is InChI=1S/C12H23N3O2/c1-10(2)13-12(17)4-5-14-6-8-15(9-7-14)11(3)16/h10H,4-9H2,1-3H3,(H,13,17). The van der Waals surface area contributed by atoms with Gasteiger partial charge in [-0.15, -0.1) is 0 Å². The second-order valence-corrected chi connectivity index (χ2v) is 4.82. The van der Waals surface area contributed by atoms with Gasteiger partial charge >= 0.3 is 0 Å². The summed E-state index contributed by atoms with van der Waals surface area (Å²) in [6.07, 6.45) is 0.540. The minimum absolute atomic E-state index is 0.106. The third-order valence-electron chi connectivity index (χ3n) is 2.92. The summed E-state index contributed by atoms with van der Waals surface area (Å²) in [5.74, 6) is 0.246. The molecule has 0 aromatic rings. The van der Waals surface area contributed by atoms with Crippen molar-refractivity contribution in [2.45, 2.75) is 33.2 Å². The highest BCUT2D eigenvalue weighted by Crippen LogP contribution is 2.02. The van der Waals surface area contributed by atoms with Crippen LogP contribution in [0.4, 0.5) is 0 Å². The van der Waals surface area contributed by atoms with Gasteiger partial charge in [0, 0.05) is 52.1 Å². The number of hydrogen-bond donors (Lipinski definition) is 1. The molecular formula is C12H23N3O2. The van der Waals surface area contributed by atoms with Gasteiger partial charge in [0.2, 0.25) is 11.8 Å². The molecule has 98 valence electrons. The Morgan fingerprint density at radius 1 is 1.18 bits per heavy atom. The zero-order valence-electron chi connectivity index (χ0n) is 11.0. The number of rotatable bonds is 4. The van der Waals surface area contributed by atoms with Crippen LogP contribution in [0, 0.1) is 0 Å². The van der Waals surface area contributed by atoms with Gasteiger partial charge in [-0.1, -0.05) is 0 Å². The van der Waals surface area contributed by atoms with Gasteiger partial charge in [0.25, 0.3) is 0 Å². The minimum atomic E-state index is 0.106. The predicted octanol–water partition coefficient (Wildman–Crippen LogP) is 0.0652. The maximum atomic E-state index is 11.5. The molecule has 0 radical (unpaired) electrons. The number of carbonyl (C=O) groups is 2. The molecule has 1 aliphatic rings. The Labute approximate surface area is 103 Å². The number of amides is 2. The molecule has 1 N–H and O–H groups in total. The van der Waals surface area contributed by atoms with Gasteiger partial charge in [-0.3, -0.25) is 14.5 Å². The molecule has 0 aromatic carbocycles. The first-order valence-corrected chi connectivity index (χ1v) is 6.26. The van der Waals surface area contributed by atoms with Crippen molar-refractivity contribution in [3.63, 3.8) is 0 Å². The topological polar surface area (TPSA) is 52.7 Å². The third kappa shape index (κ3) is 5.17. The van der Waals surface area contributed by atoms with Crippen LogP contribution in [-0.2, 0) is 9.59 Å². The van der Waals surface area contributed by atoms with Crippen molar-refractivity contribution < 1.29 is 9.59 Å². The van der Waals surface area contributed by atoms with Gasteiger partial charge in [0.05, 0.1) is 0 Å². The molecule has 1 aliphatic heterocycles.